The van der Waals surface area contributed by atoms with Crippen LogP contribution in [0.1, 0.15) is 32.6 Å². The van der Waals surface area contributed by atoms with E-state index in [2.05, 4.69) is 17.2 Å². The molecule has 3 nitrogen and oxygen atoms in total. The van der Waals surface area contributed by atoms with Crippen molar-refractivity contribution in [1.29, 1.82) is 0 Å². The average molecular weight is 273 g/mol. The van der Waals surface area contributed by atoms with Gasteiger partial charge in [0.05, 0.1) is 10.6 Å². The van der Waals surface area contributed by atoms with E-state index in [0.29, 0.717) is 12.5 Å². The van der Waals surface area contributed by atoms with Crippen molar-refractivity contribution in [2.24, 2.45) is 5.92 Å². The summed E-state index contributed by atoms with van der Waals surface area (Å²) >= 11 is 5.63. The summed E-state index contributed by atoms with van der Waals surface area (Å²) in [5.41, 5.74) is -0.759. The van der Waals surface area contributed by atoms with Crippen LogP contribution in [0.4, 0.5) is 10.2 Å². The average Bonchev–Trinajstić information content (AvgIpc) is 2.27. The van der Waals surface area contributed by atoms with Gasteiger partial charge in [0.25, 0.3) is 0 Å². The molecule has 0 radical (unpaired) electrons. The molecule has 0 aliphatic heterocycles. The lowest BCUT2D eigenvalue weighted by Crippen LogP contribution is -2.41. The van der Waals surface area contributed by atoms with Crippen molar-refractivity contribution in [3.63, 3.8) is 0 Å². The lowest BCUT2D eigenvalue weighted by atomic mass is 9.79. The fourth-order valence-electron chi connectivity index (χ4n) is 2.59. The number of anilines is 1. The van der Waals surface area contributed by atoms with E-state index < -0.39 is 11.4 Å². The number of rotatable bonds is 3. The van der Waals surface area contributed by atoms with Crippen molar-refractivity contribution in [2.45, 2.75) is 38.2 Å². The number of halogens is 2. The second kappa shape index (κ2) is 5.41. The van der Waals surface area contributed by atoms with Gasteiger partial charge < -0.3 is 10.4 Å². The maximum atomic E-state index is 13.5. The number of pyridine rings is 1. The standard InChI is InChI=1S/C13H18ClFN2O/c1-9-3-2-4-13(18,6-9)8-17-12-11(15)5-10(14)7-16-12/h5,7,9,18H,2-4,6,8H2,1H3,(H,16,17). The maximum absolute atomic E-state index is 13.5. The van der Waals surface area contributed by atoms with E-state index in [0.717, 1.165) is 25.7 Å². The quantitative estimate of drug-likeness (QED) is 0.888. The molecular formula is C13H18ClFN2O. The van der Waals surface area contributed by atoms with Crippen LogP contribution in [0.15, 0.2) is 12.3 Å². The zero-order valence-electron chi connectivity index (χ0n) is 10.4. The second-order valence-corrected chi connectivity index (χ2v) is 5.70. The number of nitrogens with zero attached hydrogens (tertiary/aromatic N) is 1. The Hall–Kier alpha value is -0.870. The molecule has 1 aliphatic rings. The van der Waals surface area contributed by atoms with E-state index in [9.17, 15) is 9.50 Å². The van der Waals surface area contributed by atoms with Gasteiger partial charge in [-0.15, -0.1) is 0 Å². The molecule has 1 aromatic heterocycles. The summed E-state index contributed by atoms with van der Waals surface area (Å²) in [7, 11) is 0. The van der Waals surface area contributed by atoms with Crippen LogP contribution in [0, 0.1) is 11.7 Å². The van der Waals surface area contributed by atoms with Crippen LogP contribution < -0.4 is 5.32 Å². The third-order valence-corrected chi connectivity index (χ3v) is 3.67. The molecule has 1 fully saturated rings. The van der Waals surface area contributed by atoms with Crippen molar-refractivity contribution < 1.29 is 9.50 Å². The number of hydrogen-bond acceptors (Lipinski definition) is 3. The predicted octanol–water partition coefficient (Wildman–Crippen LogP) is 3.23. The monoisotopic (exact) mass is 272 g/mol. The minimum Gasteiger partial charge on any atom is -0.388 e. The highest BCUT2D eigenvalue weighted by Crippen LogP contribution is 2.32. The van der Waals surface area contributed by atoms with E-state index >= 15 is 0 Å². The van der Waals surface area contributed by atoms with Crippen molar-refractivity contribution in [1.82, 2.24) is 4.98 Å². The molecule has 2 rings (SSSR count). The Morgan fingerprint density at radius 3 is 3.11 bits per heavy atom. The summed E-state index contributed by atoms with van der Waals surface area (Å²) in [6.45, 7) is 2.45. The van der Waals surface area contributed by atoms with E-state index in [1.165, 1.54) is 12.3 Å². The van der Waals surface area contributed by atoms with Gasteiger partial charge in [0, 0.05) is 12.7 Å². The molecule has 1 heterocycles. The third-order valence-electron chi connectivity index (χ3n) is 3.46. The Morgan fingerprint density at radius 1 is 1.67 bits per heavy atom. The number of nitrogens with one attached hydrogen (secondary N) is 1. The highest BCUT2D eigenvalue weighted by atomic mass is 35.5. The molecule has 0 amide bonds. The first-order valence-corrected chi connectivity index (χ1v) is 6.64. The molecule has 0 aromatic carbocycles. The Bertz CT molecular complexity index is 429. The van der Waals surface area contributed by atoms with Crippen LogP contribution in [-0.4, -0.2) is 22.2 Å². The summed E-state index contributed by atoms with van der Waals surface area (Å²) in [4.78, 5) is 3.88. The molecule has 2 N–H and O–H groups in total. The van der Waals surface area contributed by atoms with Crippen LogP contribution in [-0.2, 0) is 0 Å². The second-order valence-electron chi connectivity index (χ2n) is 5.26. The molecule has 2 atom stereocenters. The van der Waals surface area contributed by atoms with Crippen LogP contribution in [0.2, 0.25) is 5.02 Å². The van der Waals surface area contributed by atoms with Gasteiger partial charge in [-0.1, -0.05) is 31.4 Å². The predicted molar refractivity (Wildman–Crippen MR) is 70.3 cm³/mol. The molecule has 0 spiro atoms. The van der Waals surface area contributed by atoms with Gasteiger partial charge in [0.1, 0.15) is 0 Å². The van der Waals surface area contributed by atoms with E-state index in [1.807, 2.05) is 0 Å². The summed E-state index contributed by atoms with van der Waals surface area (Å²) < 4.78 is 13.5. The van der Waals surface area contributed by atoms with E-state index in [1.54, 1.807) is 0 Å². The summed E-state index contributed by atoms with van der Waals surface area (Å²) in [6, 6.07) is 1.21. The number of aromatic nitrogens is 1. The summed E-state index contributed by atoms with van der Waals surface area (Å²) in [5.74, 6) is 0.162. The molecule has 5 heteroatoms. The fourth-order valence-corrected chi connectivity index (χ4v) is 2.73. The lowest BCUT2D eigenvalue weighted by molar-refractivity contribution is -0.000870. The van der Waals surface area contributed by atoms with Gasteiger partial charge in [-0.2, -0.15) is 0 Å². The topological polar surface area (TPSA) is 45.1 Å². The Labute approximate surface area is 111 Å². The highest BCUT2D eigenvalue weighted by molar-refractivity contribution is 6.30. The first kappa shape index (κ1) is 13.6. The zero-order valence-corrected chi connectivity index (χ0v) is 11.2. The third kappa shape index (κ3) is 3.33. The van der Waals surface area contributed by atoms with Crippen molar-refractivity contribution in [3.05, 3.63) is 23.1 Å². The SMILES string of the molecule is CC1CCCC(O)(CNc2ncc(Cl)cc2F)C1. The molecule has 2 unspecified atom stereocenters. The first-order valence-electron chi connectivity index (χ1n) is 6.26. The Kier molecular flexibility index (Phi) is 4.07. The lowest BCUT2D eigenvalue weighted by Gasteiger charge is -2.35. The van der Waals surface area contributed by atoms with Gasteiger partial charge in [-0.3, -0.25) is 0 Å². The van der Waals surface area contributed by atoms with Crippen LogP contribution in [0.3, 0.4) is 0 Å². The molecular weight excluding hydrogens is 255 g/mol. The van der Waals surface area contributed by atoms with Crippen LogP contribution in [0.5, 0.6) is 0 Å². The smallest absolute Gasteiger partial charge is 0.166 e. The Balaban J connectivity index is 1.98. The van der Waals surface area contributed by atoms with Gasteiger partial charge in [-0.25, -0.2) is 9.37 Å². The van der Waals surface area contributed by atoms with Crippen molar-refractivity contribution in [3.8, 4) is 0 Å². The molecule has 1 saturated carbocycles. The van der Waals surface area contributed by atoms with Crippen molar-refractivity contribution >= 4 is 17.4 Å². The van der Waals surface area contributed by atoms with Crippen LogP contribution >= 0.6 is 11.6 Å². The van der Waals surface area contributed by atoms with E-state index in [4.69, 9.17) is 11.6 Å². The molecule has 100 valence electrons. The largest absolute Gasteiger partial charge is 0.388 e. The van der Waals surface area contributed by atoms with E-state index in [-0.39, 0.29) is 10.8 Å². The van der Waals surface area contributed by atoms with Crippen molar-refractivity contribution in [2.75, 3.05) is 11.9 Å². The summed E-state index contributed by atoms with van der Waals surface area (Å²) in [5, 5.41) is 13.6. The minimum absolute atomic E-state index is 0.144. The molecule has 18 heavy (non-hydrogen) atoms. The van der Waals surface area contributed by atoms with Gasteiger partial charge >= 0.3 is 0 Å². The number of hydrogen-bond donors (Lipinski definition) is 2. The highest BCUT2D eigenvalue weighted by Gasteiger charge is 2.32. The number of aliphatic hydroxyl groups is 1. The Morgan fingerprint density at radius 2 is 2.44 bits per heavy atom. The zero-order chi connectivity index (χ0) is 13.2. The summed E-state index contributed by atoms with van der Waals surface area (Å²) in [6.07, 6.45) is 5.04. The molecule has 0 saturated heterocycles. The molecule has 1 aliphatic carbocycles. The van der Waals surface area contributed by atoms with Gasteiger partial charge in [0.2, 0.25) is 0 Å². The van der Waals surface area contributed by atoms with Gasteiger partial charge in [0.15, 0.2) is 11.6 Å². The van der Waals surface area contributed by atoms with Crippen LogP contribution in [0.25, 0.3) is 0 Å². The minimum atomic E-state index is -0.759. The fraction of sp³-hybridized carbons (Fsp3) is 0.615. The van der Waals surface area contributed by atoms with Gasteiger partial charge in [-0.05, 0) is 24.8 Å². The maximum Gasteiger partial charge on any atom is 0.166 e. The first-order chi connectivity index (χ1) is 8.48. The molecule has 1 aromatic rings. The normalized spacial score (nSPS) is 28.1. The molecule has 0 bridgehead atoms.